The average molecular weight is 272 g/mol. The van der Waals surface area contributed by atoms with Crippen LogP contribution in [-0.4, -0.2) is 17.6 Å². The Balaban J connectivity index is 1.78. The highest BCUT2D eigenvalue weighted by molar-refractivity contribution is 5.30. The van der Waals surface area contributed by atoms with E-state index in [-0.39, 0.29) is 0 Å². The number of pyridine rings is 1. The zero-order valence-corrected chi connectivity index (χ0v) is 12.9. The van der Waals surface area contributed by atoms with E-state index in [0.29, 0.717) is 12.0 Å². The molecule has 1 aromatic rings. The van der Waals surface area contributed by atoms with E-state index in [1.54, 1.807) is 0 Å². The Morgan fingerprint density at radius 1 is 1.25 bits per heavy atom. The van der Waals surface area contributed by atoms with Gasteiger partial charge in [0.25, 0.3) is 0 Å². The van der Waals surface area contributed by atoms with Gasteiger partial charge in [-0.05, 0) is 55.7 Å². The lowest BCUT2D eigenvalue weighted by Gasteiger charge is -2.36. The number of aryl methyl sites for hydroxylation is 1. The predicted octanol–water partition coefficient (Wildman–Crippen LogP) is 3.92. The van der Waals surface area contributed by atoms with Crippen molar-refractivity contribution >= 4 is 0 Å². The fourth-order valence-corrected chi connectivity index (χ4v) is 4.31. The lowest BCUT2D eigenvalue weighted by atomic mass is 9.75. The van der Waals surface area contributed by atoms with E-state index in [9.17, 15) is 0 Å². The van der Waals surface area contributed by atoms with Crippen molar-refractivity contribution in [3.63, 3.8) is 0 Å². The minimum absolute atomic E-state index is 0.642. The minimum atomic E-state index is 0.642. The van der Waals surface area contributed by atoms with Crippen molar-refractivity contribution in [1.29, 1.82) is 0 Å². The van der Waals surface area contributed by atoms with Crippen LogP contribution in [0, 0.1) is 11.8 Å². The van der Waals surface area contributed by atoms with Crippen LogP contribution in [0.5, 0.6) is 0 Å². The molecule has 110 valence electrons. The Morgan fingerprint density at radius 3 is 2.80 bits per heavy atom. The molecule has 0 spiro atoms. The molecule has 0 amide bonds. The Morgan fingerprint density at radius 2 is 2.05 bits per heavy atom. The van der Waals surface area contributed by atoms with Gasteiger partial charge in [0.1, 0.15) is 0 Å². The number of nitrogens with zero attached hydrogens (tertiary/aromatic N) is 1. The summed E-state index contributed by atoms with van der Waals surface area (Å²) in [6, 6.07) is 5.00. The summed E-state index contributed by atoms with van der Waals surface area (Å²) in [6.07, 6.45) is 10.1. The SMILES string of the molecule is CCNC(C1CCC(C)CC1)C1CCc2cccnc21. The van der Waals surface area contributed by atoms with E-state index in [4.69, 9.17) is 4.98 Å². The van der Waals surface area contributed by atoms with E-state index in [1.165, 1.54) is 49.8 Å². The van der Waals surface area contributed by atoms with Crippen LogP contribution in [0.25, 0.3) is 0 Å². The van der Waals surface area contributed by atoms with Gasteiger partial charge in [0.05, 0.1) is 0 Å². The summed E-state index contributed by atoms with van der Waals surface area (Å²) in [5.74, 6) is 2.43. The zero-order chi connectivity index (χ0) is 13.9. The Hall–Kier alpha value is -0.890. The molecule has 0 saturated heterocycles. The summed E-state index contributed by atoms with van der Waals surface area (Å²) in [6.45, 7) is 5.73. The van der Waals surface area contributed by atoms with Crippen LogP contribution in [0.4, 0.5) is 0 Å². The lowest BCUT2D eigenvalue weighted by molar-refractivity contribution is 0.208. The molecule has 0 aliphatic heterocycles. The summed E-state index contributed by atoms with van der Waals surface area (Å²) in [5, 5.41) is 3.81. The van der Waals surface area contributed by atoms with Crippen molar-refractivity contribution in [3.8, 4) is 0 Å². The first-order valence-corrected chi connectivity index (χ1v) is 8.46. The number of rotatable bonds is 4. The fraction of sp³-hybridized carbons (Fsp3) is 0.722. The maximum atomic E-state index is 4.71. The van der Waals surface area contributed by atoms with Gasteiger partial charge in [-0.1, -0.05) is 32.8 Å². The normalized spacial score (nSPS) is 31.0. The molecule has 2 aliphatic rings. The summed E-state index contributed by atoms with van der Waals surface area (Å²) < 4.78 is 0. The molecule has 2 heteroatoms. The van der Waals surface area contributed by atoms with Crippen molar-refractivity contribution in [2.45, 2.75) is 64.3 Å². The molecular formula is C18H28N2. The third-order valence-corrected chi connectivity index (χ3v) is 5.44. The molecule has 1 N–H and O–H groups in total. The second kappa shape index (κ2) is 6.26. The van der Waals surface area contributed by atoms with Crippen molar-refractivity contribution in [3.05, 3.63) is 29.6 Å². The molecule has 0 bridgehead atoms. The minimum Gasteiger partial charge on any atom is -0.313 e. The second-order valence-corrected chi connectivity index (χ2v) is 6.80. The van der Waals surface area contributed by atoms with E-state index in [1.807, 2.05) is 6.20 Å². The molecule has 2 aliphatic carbocycles. The zero-order valence-electron chi connectivity index (χ0n) is 12.9. The molecule has 0 aromatic carbocycles. The van der Waals surface area contributed by atoms with Crippen molar-refractivity contribution in [2.24, 2.45) is 11.8 Å². The van der Waals surface area contributed by atoms with Gasteiger partial charge in [0.15, 0.2) is 0 Å². The quantitative estimate of drug-likeness (QED) is 0.898. The predicted molar refractivity (Wildman–Crippen MR) is 83.9 cm³/mol. The maximum Gasteiger partial charge on any atom is 0.0482 e. The monoisotopic (exact) mass is 272 g/mol. The van der Waals surface area contributed by atoms with Crippen LogP contribution in [0.1, 0.15) is 63.1 Å². The second-order valence-electron chi connectivity index (χ2n) is 6.80. The highest BCUT2D eigenvalue weighted by Gasteiger charge is 2.36. The van der Waals surface area contributed by atoms with Gasteiger partial charge in [0.2, 0.25) is 0 Å². The van der Waals surface area contributed by atoms with E-state index >= 15 is 0 Å². The molecule has 3 rings (SSSR count). The third-order valence-electron chi connectivity index (χ3n) is 5.44. The van der Waals surface area contributed by atoms with E-state index < -0.39 is 0 Å². The van der Waals surface area contributed by atoms with Crippen LogP contribution in [0.15, 0.2) is 18.3 Å². The molecule has 2 atom stereocenters. The van der Waals surface area contributed by atoms with Crippen molar-refractivity contribution in [2.75, 3.05) is 6.54 Å². The Kier molecular flexibility index (Phi) is 4.40. The summed E-state index contributed by atoms with van der Waals surface area (Å²) >= 11 is 0. The third kappa shape index (κ3) is 2.76. The van der Waals surface area contributed by atoms with Crippen LogP contribution in [-0.2, 0) is 6.42 Å². The number of likely N-dealkylation sites (N-methyl/N-ethyl adjacent to an activating group) is 1. The summed E-state index contributed by atoms with van der Waals surface area (Å²) in [4.78, 5) is 4.71. The van der Waals surface area contributed by atoms with Crippen LogP contribution < -0.4 is 5.32 Å². The smallest absolute Gasteiger partial charge is 0.0482 e. The highest BCUT2D eigenvalue weighted by Crippen LogP contribution is 2.40. The topological polar surface area (TPSA) is 24.9 Å². The summed E-state index contributed by atoms with van der Waals surface area (Å²) in [7, 11) is 0. The molecule has 0 radical (unpaired) electrons. The van der Waals surface area contributed by atoms with Crippen LogP contribution >= 0.6 is 0 Å². The Labute approximate surface area is 123 Å². The first-order valence-electron chi connectivity index (χ1n) is 8.46. The molecule has 1 saturated carbocycles. The number of aromatic nitrogens is 1. The molecule has 1 heterocycles. The van der Waals surface area contributed by atoms with Crippen molar-refractivity contribution in [1.82, 2.24) is 10.3 Å². The first-order chi connectivity index (χ1) is 9.79. The van der Waals surface area contributed by atoms with Crippen molar-refractivity contribution < 1.29 is 0 Å². The standard InChI is InChI=1S/C18H28N2/c1-3-19-17(15-8-6-13(2)7-9-15)16-11-10-14-5-4-12-20-18(14)16/h4-5,12-13,15-17,19H,3,6-11H2,1-2H3. The average Bonchev–Trinajstić information content (AvgIpc) is 2.90. The molecule has 2 nitrogen and oxygen atoms in total. The lowest BCUT2D eigenvalue weighted by Crippen LogP contribution is -2.42. The highest BCUT2D eigenvalue weighted by atomic mass is 14.9. The Bertz CT molecular complexity index is 435. The fourth-order valence-electron chi connectivity index (χ4n) is 4.31. The van der Waals surface area contributed by atoms with E-state index in [2.05, 4.69) is 31.3 Å². The largest absolute Gasteiger partial charge is 0.313 e. The van der Waals surface area contributed by atoms with Gasteiger partial charge in [-0.15, -0.1) is 0 Å². The number of hydrogen-bond donors (Lipinski definition) is 1. The van der Waals surface area contributed by atoms with Crippen LogP contribution in [0.3, 0.4) is 0 Å². The van der Waals surface area contributed by atoms with Gasteiger partial charge in [-0.2, -0.15) is 0 Å². The maximum absolute atomic E-state index is 4.71. The number of fused-ring (bicyclic) bond motifs is 1. The van der Waals surface area contributed by atoms with Gasteiger partial charge in [-0.25, -0.2) is 0 Å². The summed E-state index contributed by atoms with van der Waals surface area (Å²) in [5.41, 5.74) is 2.88. The van der Waals surface area contributed by atoms with Gasteiger partial charge >= 0.3 is 0 Å². The number of nitrogens with one attached hydrogen (secondary N) is 1. The molecule has 20 heavy (non-hydrogen) atoms. The first kappa shape index (κ1) is 14.1. The van der Waals surface area contributed by atoms with Crippen LogP contribution in [0.2, 0.25) is 0 Å². The molecule has 1 fully saturated rings. The number of hydrogen-bond acceptors (Lipinski definition) is 2. The van der Waals surface area contributed by atoms with Gasteiger partial charge in [-0.3, -0.25) is 4.98 Å². The van der Waals surface area contributed by atoms with E-state index in [0.717, 1.165) is 18.4 Å². The van der Waals surface area contributed by atoms with Gasteiger partial charge < -0.3 is 5.32 Å². The van der Waals surface area contributed by atoms with Gasteiger partial charge in [0, 0.05) is 23.9 Å². The molecule has 2 unspecified atom stereocenters. The molecular weight excluding hydrogens is 244 g/mol. The molecule has 1 aromatic heterocycles.